The highest BCUT2D eigenvalue weighted by atomic mass is 16.3. The van der Waals surface area contributed by atoms with Crippen molar-refractivity contribution in [1.29, 1.82) is 0 Å². The second-order valence-corrected chi connectivity index (χ2v) is 4.38. The monoisotopic (exact) mass is 216 g/mol. The first kappa shape index (κ1) is 11.0. The van der Waals surface area contributed by atoms with Gasteiger partial charge in [-0.2, -0.15) is 0 Å². The van der Waals surface area contributed by atoms with Crippen LogP contribution in [0.15, 0.2) is 41.2 Å². The maximum atomic E-state index is 10.5. The van der Waals surface area contributed by atoms with E-state index in [0.29, 0.717) is 0 Å². The minimum atomic E-state index is -0.995. The van der Waals surface area contributed by atoms with Gasteiger partial charge in [0.15, 0.2) is 0 Å². The molecule has 1 N–H and O–H groups in total. The molecule has 1 aromatic heterocycles. The Hall–Kier alpha value is -1.54. The van der Waals surface area contributed by atoms with Crippen LogP contribution in [0.1, 0.15) is 29.2 Å². The van der Waals surface area contributed by atoms with Crippen LogP contribution in [0.3, 0.4) is 0 Å². The molecule has 84 valence electrons. The zero-order chi connectivity index (χ0) is 11.8. The average molecular weight is 216 g/mol. The van der Waals surface area contributed by atoms with Crippen molar-refractivity contribution < 1.29 is 9.52 Å². The predicted octanol–water partition coefficient (Wildman–Crippen LogP) is 3.15. The van der Waals surface area contributed by atoms with Crippen molar-refractivity contribution >= 4 is 0 Å². The molecule has 0 aliphatic carbocycles. The van der Waals surface area contributed by atoms with Crippen LogP contribution in [-0.2, 0) is 5.60 Å². The van der Waals surface area contributed by atoms with Gasteiger partial charge in [-0.1, -0.05) is 18.2 Å². The van der Waals surface area contributed by atoms with Gasteiger partial charge in [-0.25, -0.2) is 0 Å². The molecule has 0 aliphatic heterocycles. The molecular weight excluding hydrogens is 200 g/mol. The Morgan fingerprint density at radius 1 is 1.06 bits per heavy atom. The molecular formula is C14H16O2. The van der Waals surface area contributed by atoms with Gasteiger partial charge in [-0.05, 0) is 43.5 Å². The second kappa shape index (κ2) is 3.80. The van der Waals surface area contributed by atoms with Crippen LogP contribution in [0.5, 0.6) is 0 Å². The highest BCUT2D eigenvalue weighted by Gasteiger charge is 2.26. The van der Waals surface area contributed by atoms with Crippen LogP contribution in [0.2, 0.25) is 0 Å². The van der Waals surface area contributed by atoms with E-state index in [1.54, 1.807) is 25.5 Å². The molecule has 0 amide bonds. The zero-order valence-electron chi connectivity index (χ0n) is 9.82. The highest BCUT2D eigenvalue weighted by molar-refractivity contribution is 5.38. The average Bonchev–Trinajstić information content (AvgIpc) is 2.75. The fourth-order valence-electron chi connectivity index (χ4n) is 1.75. The van der Waals surface area contributed by atoms with Crippen LogP contribution in [-0.4, -0.2) is 5.11 Å². The maximum absolute atomic E-state index is 10.5. The lowest BCUT2D eigenvalue weighted by Gasteiger charge is -2.23. The number of rotatable bonds is 2. The van der Waals surface area contributed by atoms with E-state index in [2.05, 4.69) is 6.92 Å². The van der Waals surface area contributed by atoms with Crippen molar-refractivity contribution in [3.63, 3.8) is 0 Å². The van der Waals surface area contributed by atoms with E-state index >= 15 is 0 Å². The van der Waals surface area contributed by atoms with Gasteiger partial charge in [0.25, 0.3) is 0 Å². The van der Waals surface area contributed by atoms with Crippen molar-refractivity contribution in [2.75, 3.05) is 0 Å². The van der Waals surface area contributed by atoms with Crippen molar-refractivity contribution in [2.45, 2.75) is 26.4 Å². The SMILES string of the molecule is Cc1ccc(C(C)(O)c2ccoc2)cc1C. The summed E-state index contributed by atoms with van der Waals surface area (Å²) < 4.78 is 5.02. The smallest absolute Gasteiger partial charge is 0.115 e. The van der Waals surface area contributed by atoms with Crippen molar-refractivity contribution in [3.05, 3.63) is 59.0 Å². The third-order valence-corrected chi connectivity index (χ3v) is 3.15. The molecule has 1 atom stereocenters. The van der Waals surface area contributed by atoms with Crippen molar-refractivity contribution in [1.82, 2.24) is 0 Å². The van der Waals surface area contributed by atoms with Crippen LogP contribution < -0.4 is 0 Å². The van der Waals surface area contributed by atoms with Gasteiger partial charge in [-0.15, -0.1) is 0 Å². The Balaban J connectivity index is 2.47. The minimum Gasteiger partial charge on any atom is -0.472 e. The lowest BCUT2D eigenvalue weighted by Crippen LogP contribution is -2.22. The first-order valence-corrected chi connectivity index (χ1v) is 5.34. The summed E-state index contributed by atoms with van der Waals surface area (Å²) in [4.78, 5) is 0. The summed E-state index contributed by atoms with van der Waals surface area (Å²) in [6.07, 6.45) is 3.15. The molecule has 1 heterocycles. The van der Waals surface area contributed by atoms with Gasteiger partial charge in [0.05, 0.1) is 12.5 Å². The molecule has 0 spiro atoms. The number of benzene rings is 1. The third-order valence-electron chi connectivity index (χ3n) is 3.15. The van der Waals surface area contributed by atoms with Gasteiger partial charge in [0, 0.05) is 5.56 Å². The molecule has 0 fully saturated rings. The molecule has 0 radical (unpaired) electrons. The van der Waals surface area contributed by atoms with Crippen LogP contribution in [0, 0.1) is 13.8 Å². The van der Waals surface area contributed by atoms with E-state index in [-0.39, 0.29) is 0 Å². The van der Waals surface area contributed by atoms with Gasteiger partial charge < -0.3 is 9.52 Å². The molecule has 16 heavy (non-hydrogen) atoms. The number of aryl methyl sites for hydroxylation is 2. The molecule has 2 nitrogen and oxygen atoms in total. The lowest BCUT2D eigenvalue weighted by atomic mass is 9.88. The minimum absolute atomic E-state index is 0.774. The van der Waals surface area contributed by atoms with Crippen molar-refractivity contribution in [3.8, 4) is 0 Å². The standard InChI is InChI=1S/C14H16O2/c1-10-4-5-12(8-11(10)2)14(3,15)13-6-7-16-9-13/h4-9,15H,1-3H3. The van der Waals surface area contributed by atoms with Gasteiger partial charge >= 0.3 is 0 Å². The predicted molar refractivity (Wildman–Crippen MR) is 63.3 cm³/mol. The summed E-state index contributed by atoms with van der Waals surface area (Å²) in [7, 11) is 0. The first-order valence-electron chi connectivity index (χ1n) is 5.34. The molecule has 1 unspecified atom stereocenters. The van der Waals surface area contributed by atoms with Gasteiger partial charge in [0.2, 0.25) is 0 Å². The molecule has 2 heteroatoms. The van der Waals surface area contributed by atoms with Crippen LogP contribution in [0.25, 0.3) is 0 Å². The van der Waals surface area contributed by atoms with Crippen LogP contribution >= 0.6 is 0 Å². The van der Waals surface area contributed by atoms with E-state index in [1.165, 1.54) is 11.1 Å². The number of hydrogen-bond donors (Lipinski definition) is 1. The normalized spacial score (nSPS) is 14.8. The maximum Gasteiger partial charge on any atom is 0.115 e. The van der Waals surface area contributed by atoms with E-state index in [0.717, 1.165) is 11.1 Å². The summed E-state index contributed by atoms with van der Waals surface area (Å²) >= 11 is 0. The largest absolute Gasteiger partial charge is 0.472 e. The summed E-state index contributed by atoms with van der Waals surface area (Å²) in [6.45, 7) is 5.89. The molecule has 0 aliphatic rings. The Bertz CT molecular complexity index is 481. The fourth-order valence-corrected chi connectivity index (χ4v) is 1.75. The quantitative estimate of drug-likeness (QED) is 0.836. The number of aliphatic hydroxyl groups is 1. The summed E-state index contributed by atoms with van der Waals surface area (Å²) in [6, 6.07) is 7.78. The second-order valence-electron chi connectivity index (χ2n) is 4.38. The molecule has 1 aromatic carbocycles. The van der Waals surface area contributed by atoms with Crippen LogP contribution in [0.4, 0.5) is 0 Å². The summed E-state index contributed by atoms with van der Waals surface area (Å²) in [5.41, 5.74) is 3.08. The van der Waals surface area contributed by atoms with E-state index < -0.39 is 5.60 Å². The number of hydrogen-bond acceptors (Lipinski definition) is 2. The third kappa shape index (κ3) is 1.76. The molecule has 0 bridgehead atoms. The van der Waals surface area contributed by atoms with Crippen molar-refractivity contribution in [2.24, 2.45) is 0 Å². The Labute approximate surface area is 95.5 Å². The Morgan fingerprint density at radius 2 is 1.81 bits per heavy atom. The Kier molecular flexibility index (Phi) is 2.60. The zero-order valence-corrected chi connectivity index (χ0v) is 9.82. The Morgan fingerprint density at radius 3 is 2.38 bits per heavy atom. The first-order chi connectivity index (χ1) is 7.51. The number of furan rings is 1. The molecule has 2 aromatic rings. The van der Waals surface area contributed by atoms with E-state index in [1.807, 2.05) is 25.1 Å². The van der Waals surface area contributed by atoms with Gasteiger partial charge in [0.1, 0.15) is 5.60 Å². The summed E-state index contributed by atoms with van der Waals surface area (Å²) in [5.74, 6) is 0. The van der Waals surface area contributed by atoms with E-state index in [4.69, 9.17) is 4.42 Å². The lowest BCUT2D eigenvalue weighted by molar-refractivity contribution is 0.101. The highest BCUT2D eigenvalue weighted by Crippen LogP contribution is 2.30. The van der Waals surface area contributed by atoms with Gasteiger partial charge in [-0.3, -0.25) is 0 Å². The fraction of sp³-hybridized carbons (Fsp3) is 0.286. The molecule has 2 rings (SSSR count). The molecule has 0 saturated carbocycles. The topological polar surface area (TPSA) is 33.4 Å². The van der Waals surface area contributed by atoms with E-state index in [9.17, 15) is 5.11 Å². The summed E-state index contributed by atoms with van der Waals surface area (Å²) in [5, 5.41) is 10.5. The molecule has 0 saturated heterocycles.